The standard InChI is InChI=1S/C14H12Br2N2O2/c1-20-13-6-9(4-5-17-13)8-18-14(19)11-3-2-10(15)7-12(11)16/h2-7H,8H2,1H3,(H,18,19). The van der Waals surface area contributed by atoms with Crippen molar-refractivity contribution in [2.45, 2.75) is 6.54 Å². The van der Waals surface area contributed by atoms with Crippen molar-refractivity contribution < 1.29 is 9.53 Å². The first-order chi connectivity index (χ1) is 9.60. The molecule has 0 aliphatic rings. The van der Waals surface area contributed by atoms with Gasteiger partial charge in [0.25, 0.3) is 5.91 Å². The predicted molar refractivity (Wildman–Crippen MR) is 83.8 cm³/mol. The summed E-state index contributed by atoms with van der Waals surface area (Å²) >= 11 is 6.73. The molecule has 104 valence electrons. The number of pyridine rings is 1. The fourth-order valence-electron chi connectivity index (χ4n) is 1.62. The van der Waals surface area contributed by atoms with E-state index >= 15 is 0 Å². The molecular formula is C14H12Br2N2O2. The van der Waals surface area contributed by atoms with E-state index in [1.54, 1.807) is 25.4 Å². The van der Waals surface area contributed by atoms with Crippen LogP contribution in [0.15, 0.2) is 45.5 Å². The Morgan fingerprint density at radius 2 is 2.10 bits per heavy atom. The maximum Gasteiger partial charge on any atom is 0.252 e. The molecule has 0 saturated carbocycles. The third-order valence-electron chi connectivity index (χ3n) is 2.64. The van der Waals surface area contributed by atoms with E-state index in [-0.39, 0.29) is 5.91 Å². The summed E-state index contributed by atoms with van der Waals surface area (Å²) in [6.45, 7) is 0.417. The van der Waals surface area contributed by atoms with Gasteiger partial charge in [0.1, 0.15) is 0 Å². The number of amides is 1. The lowest BCUT2D eigenvalue weighted by Crippen LogP contribution is -2.23. The third-order valence-corrected chi connectivity index (χ3v) is 3.79. The van der Waals surface area contributed by atoms with E-state index < -0.39 is 0 Å². The number of hydrogen-bond acceptors (Lipinski definition) is 3. The Balaban J connectivity index is 2.04. The number of ether oxygens (including phenoxy) is 1. The molecule has 2 rings (SSSR count). The SMILES string of the molecule is COc1cc(CNC(=O)c2ccc(Br)cc2Br)ccn1. The van der Waals surface area contributed by atoms with Gasteiger partial charge in [-0.05, 0) is 45.8 Å². The minimum absolute atomic E-state index is 0.139. The number of halogens is 2. The molecule has 0 atom stereocenters. The molecule has 0 aliphatic heterocycles. The molecule has 20 heavy (non-hydrogen) atoms. The Labute approximate surface area is 133 Å². The summed E-state index contributed by atoms with van der Waals surface area (Å²) in [6.07, 6.45) is 1.65. The van der Waals surface area contributed by atoms with E-state index in [1.165, 1.54) is 0 Å². The van der Waals surface area contributed by atoms with Gasteiger partial charge in [0.15, 0.2) is 0 Å². The second kappa shape index (κ2) is 6.85. The number of benzene rings is 1. The first-order valence-corrected chi connectivity index (χ1v) is 7.41. The number of methoxy groups -OCH3 is 1. The Hall–Kier alpha value is -1.40. The van der Waals surface area contributed by atoms with Gasteiger partial charge in [-0.3, -0.25) is 4.79 Å². The van der Waals surface area contributed by atoms with E-state index in [1.807, 2.05) is 18.2 Å². The summed E-state index contributed by atoms with van der Waals surface area (Å²) in [5.74, 6) is 0.390. The summed E-state index contributed by atoms with van der Waals surface area (Å²) in [5.41, 5.74) is 1.52. The number of rotatable bonds is 4. The number of nitrogens with zero attached hydrogens (tertiary/aromatic N) is 1. The van der Waals surface area contributed by atoms with Crippen LogP contribution in [-0.2, 0) is 6.54 Å². The maximum absolute atomic E-state index is 12.1. The van der Waals surface area contributed by atoms with Crippen LogP contribution in [-0.4, -0.2) is 18.0 Å². The highest BCUT2D eigenvalue weighted by molar-refractivity contribution is 9.11. The van der Waals surface area contributed by atoms with Gasteiger partial charge >= 0.3 is 0 Å². The smallest absolute Gasteiger partial charge is 0.252 e. The molecule has 0 bridgehead atoms. The zero-order valence-electron chi connectivity index (χ0n) is 10.7. The fraction of sp³-hybridized carbons (Fsp3) is 0.143. The molecule has 0 radical (unpaired) electrons. The molecule has 0 saturated heterocycles. The van der Waals surface area contributed by atoms with Gasteiger partial charge in [0.2, 0.25) is 5.88 Å². The van der Waals surface area contributed by atoms with Crippen LogP contribution in [0.3, 0.4) is 0 Å². The van der Waals surface area contributed by atoms with Gasteiger partial charge < -0.3 is 10.1 Å². The second-order valence-electron chi connectivity index (χ2n) is 4.01. The molecule has 2 aromatic rings. The first-order valence-electron chi connectivity index (χ1n) is 5.82. The van der Waals surface area contributed by atoms with Crippen LogP contribution in [0.4, 0.5) is 0 Å². The molecule has 1 aromatic heterocycles. The summed E-state index contributed by atoms with van der Waals surface area (Å²) in [6, 6.07) is 9.05. The number of carbonyl (C=O) groups excluding carboxylic acids is 1. The Bertz CT molecular complexity index is 632. The summed E-state index contributed by atoms with van der Waals surface area (Å²) < 4.78 is 6.71. The Kier molecular flexibility index (Phi) is 5.14. The minimum Gasteiger partial charge on any atom is -0.481 e. The van der Waals surface area contributed by atoms with E-state index in [9.17, 15) is 4.79 Å². The van der Waals surface area contributed by atoms with Crippen LogP contribution in [0.25, 0.3) is 0 Å². The van der Waals surface area contributed by atoms with E-state index in [2.05, 4.69) is 42.2 Å². The molecule has 0 spiro atoms. The van der Waals surface area contributed by atoms with Crippen molar-refractivity contribution in [1.29, 1.82) is 0 Å². The van der Waals surface area contributed by atoms with E-state index in [4.69, 9.17) is 4.74 Å². The highest BCUT2D eigenvalue weighted by atomic mass is 79.9. The van der Waals surface area contributed by atoms with Gasteiger partial charge in [0, 0.05) is 27.8 Å². The monoisotopic (exact) mass is 398 g/mol. The van der Waals surface area contributed by atoms with Gasteiger partial charge in [0.05, 0.1) is 12.7 Å². The van der Waals surface area contributed by atoms with Crippen molar-refractivity contribution in [3.8, 4) is 5.88 Å². The van der Waals surface area contributed by atoms with Crippen LogP contribution in [0.2, 0.25) is 0 Å². The van der Waals surface area contributed by atoms with Crippen molar-refractivity contribution in [3.05, 3.63) is 56.6 Å². The molecular weight excluding hydrogens is 388 g/mol. The summed E-state index contributed by atoms with van der Waals surface area (Å²) in [5, 5.41) is 2.86. The van der Waals surface area contributed by atoms with Crippen LogP contribution in [0, 0.1) is 0 Å². The normalized spacial score (nSPS) is 10.2. The van der Waals surface area contributed by atoms with Gasteiger partial charge in [-0.1, -0.05) is 15.9 Å². The third kappa shape index (κ3) is 3.80. The molecule has 0 aliphatic carbocycles. The number of nitrogens with one attached hydrogen (secondary N) is 1. The summed E-state index contributed by atoms with van der Waals surface area (Å²) in [4.78, 5) is 16.1. The van der Waals surface area contributed by atoms with Crippen LogP contribution < -0.4 is 10.1 Å². The minimum atomic E-state index is -0.139. The van der Waals surface area contributed by atoms with Crippen LogP contribution in [0.1, 0.15) is 15.9 Å². The quantitative estimate of drug-likeness (QED) is 0.855. The number of aromatic nitrogens is 1. The molecule has 1 aromatic carbocycles. The average molecular weight is 400 g/mol. The van der Waals surface area contributed by atoms with Crippen molar-refractivity contribution in [3.63, 3.8) is 0 Å². The molecule has 4 nitrogen and oxygen atoms in total. The topological polar surface area (TPSA) is 51.2 Å². The van der Waals surface area contributed by atoms with Crippen molar-refractivity contribution in [2.75, 3.05) is 7.11 Å². The van der Waals surface area contributed by atoms with Crippen molar-refractivity contribution in [1.82, 2.24) is 10.3 Å². The van der Waals surface area contributed by atoms with Crippen LogP contribution >= 0.6 is 31.9 Å². The average Bonchev–Trinajstić information content (AvgIpc) is 2.45. The molecule has 0 fully saturated rings. The number of carbonyl (C=O) groups is 1. The second-order valence-corrected chi connectivity index (χ2v) is 5.78. The Morgan fingerprint density at radius 1 is 1.30 bits per heavy atom. The van der Waals surface area contributed by atoms with Crippen molar-refractivity contribution in [2.24, 2.45) is 0 Å². The summed E-state index contributed by atoms with van der Waals surface area (Å²) in [7, 11) is 1.56. The first kappa shape index (κ1) is 15.0. The Morgan fingerprint density at radius 3 is 2.80 bits per heavy atom. The zero-order chi connectivity index (χ0) is 14.5. The maximum atomic E-state index is 12.1. The van der Waals surface area contributed by atoms with Gasteiger partial charge in [-0.15, -0.1) is 0 Å². The molecule has 0 unspecified atom stereocenters. The lowest BCUT2D eigenvalue weighted by molar-refractivity contribution is 0.0950. The largest absolute Gasteiger partial charge is 0.481 e. The van der Waals surface area contributed by atoms with Gasteiger partial charge in [-0.25, -0.2) is 4.98 Å². The van der Waals surface area contributed by atoms with Gasteiger partial charge in [-0.2, -0.15) is 0 Å². The van der Waals surface area contributed by atoms with E-state index in [0.29, 0.717) is 18.0 Å². The molecule has 1 heterocycles. The zero-order valence-corrected chi connectivity index (χ0v) is 13.9. The number of hydrogen-bond donors (Lipinski definition) is 1. The highest BCUT2D eigenvalue weighted by Gasteiger charge is 2.10. The lowest BCUT2D eigenvalue weighted by Gasteiger charge is -2.08. The highest BCUT2D eigenvalue weighted by Crippen LogP contribution is 2.22. The predicted octanol–water partition coefficient (Wildman–Crippen LogP) is 3.55. The van der Waals surface area contributed by atoms with E-state index in [0.717, 1.165) is 14.5 Å². The van der Waals surface area contributed by atoms with Crippen molar-refractivity contribution >= 4 is 37.8 Å². The van der Waals surface area contributed by atoms with Crippen LogP contribution in [0.5, 0.6) is 5.88 Å². The lowest BCUT2D eigenvalue weighted by atomic mass is 10.2. The fourth-order valence-corrected chi connectivity index (χ4v) is 2.85. The molecule has 1 N–H and O–H groups in total. The molecule has 6 heteroatoms. The molecule has 1 amide bonds.